The van der Waals surface area contributed by atoms with Crippen molar-refractivity contribution in [2.75, 3.05) is 11.4 Å². The third-order valence-electron chi connectivity index (χ3n) is 4.33. The predicted octanol–water partition coefficient (Wildman–Crippen LogP) is 3.66. The summed E-state index contributed by atoms with van der Waals surface area (Å²) in [5.41, 5.74) is 3.12. The summed E-state index contributed by atoms with van der Waals surface area (Å²) in [5.74, 6) is 0.578. The molecule has 0 aliphatic carbocycles. The minimum Gasteiger partial charge on any atom is -0.487 e. The van der Waals surface area contributed by atoms with Gasteiger partial charge < -0.3 is 9.64 Å². The molecule has 0 radical (unpaired) electrons. The molecule has 2 heterocycles. The zero-order valence-corrected chi connectivity index (χ0v) is 15.1. The number of benzene rings is 2. The lowest BCUT2D eigenvalue weighted by Crippen LogP contribution is -2.42. The van der Waals surface area contributed by atoms with Gasteiger partial charge in [-0.15, -0.1) is 0 Å². The molecule has 1 aromatic heterocycles. The first-order chi connectivity index (χ1) is 12.5. The van der Waals surface area contributed by atoms with Crippen LogP contribution in [0.3, 0.4) is 0 Å². The molecule has 0 N–H and O–H groups in total. The summed E-state index contributed by atoms with van der Waals surface area (Å²) in [6.07, 6.45) is 3.02. The van der Waals surface area contributed by atoms with Gasteiger partial charge in [-0.2, -0.15) is 5.10 Å². The number of aromatic nitrogens is 3. The monoisotopic (exact) mass is 368 g/mol. The van der Waals surface area contributed by atoms with Crippen LogP contribution in [0.4, 0.5) is 5.69 Å². The summed E-state index contributed by atoms with van der Waals surface area (Å²) >= 11 is 6.12. The van der Waals surface area contributed by atoms with Crippen LogP contribution in [-0.2, 0) is 0 Å². The molecule has 7 heteroatoms. The van der Waals surface area contributed by atoms with E-state index in [1.54, 1.807) is 40.2 Å². The number of ether oxygens (including phenoxy) is 1. The van der Waals surface area contributed by atoms with Crippen molar-refractivity contribution in [3.63, 3.8) is 0 Å². The second kappa shape index (κ2) is 6.46. The summed E-state index contributed by atoms with van der Waals surface area (Å²) < 4.78 is 7.50. The number of amides is 1. The van der Waals surface area contributed by atoms with E-state index in [-0.39, 0.29) is 12.0 Å². The summed E-state index contributed by atoms with van der Waals surface area (Å²) in [5, 5.41) is 4.71. The van der Waals surface area contributed by atoms with Gasteiger partial charge in [0.2, 0.25) is 0 Å². The Bertz CT molecular complexity index is 972. The highest BCUT2D eigenvalue weighted by molar-refractivity contribution is 6.31. The summed E-state index contributed by atoms with van der Waals surface area (Å²) in [7, 11) is 0. The van der Waals surface area contributed by atoms with E-state index in [4.69, 9.17) is 16.3 Å². The van der Waals surface area contributed by atoms with Crippen LogP contribution in [0.2, 0.25) is 5.02 Å². The Balaban J connectivity index is 1.70. The molecule has 2 aromatic carbocycles. The zero-order chi connectivity index (χ0) is 18.3. The third kappa shape index (κ3) is 2.93. The van der Waals surface area contributed by atoms with Crippen molar-refractivity contribution in [1.29, 1.82) is 0 Å². The number of carbonyl (C=O) groups excluding carboxylic acids is 1. The normalized spacial score (nSPS) is 16.1. The molecule has 132 valence electrons. The number of rotatable bonds is 2. The molecule has 0 saturated carbocycles. The fraction of sp³-hybridized carbons (Fsp3) is 0.211. The molecule has 6 nitrogen and oxygen atoms in total. The van der Waals surface area contributed by atoms with Crippen LogP contribution in [0.25, 0.3) is 5.69 Å². The van der Waals surface area contributed by atoms with E-state index in [1.165, 1.54) is 6.33 Å². The average molecular weight is 369 g/mol. The van der Waals surface area contributed by atoms with Crippen LogP contribution in [0, 0.1) is 6.92 Å². The van der Waals surface area contributed by atoms with E-state index in [0.29, 0.717) is 28.6 Å². The maximum Gasteiger partial charge on any atom is 0.258 e. The molecule has 4 rings (SSSR count). The second-order valence-electron chi connectivity index (χ2n) is 6.30. The van der Waals surface area contributed by atoms with Crippen molar-refractivity contribution in [2.45, 2.75) is 20.0 Å². The van der Waals surface area contributed by atoms with E-state index in [1.807, 2.05) is 26.0 Å². The van der Waals surface area contributed by atoms with Gasteiger partial charge in [-0.1, -0.05) is 11.6 Å². The van der Waals surface area contributed by atoms with Crippen molar-refractivity contribution in [3.8, 4) is 11.4 Å². The number of nitrogens with zero attached hydrogens (tertiary/aromatic N) is 4. The van der Waals surface area contributed by atoms with Crippen molar-refractivity contribution in [3.05, 3.63) is 65.2 Å². The highest BCUT2D eigenvalue weighted by Crippen LogP contribution is 2.36. The lowest BCUT2D eigenvalue weighted by Gasteiger charge is -2.33. The average Bonchev–Trinajstić information content (AvgIpc) is 3.15. The first-order valence-electron chi connectivity index (χ1n) is 8.26. The fourth-order valence-electron chi connectivity index (χ4n) is 3.14. The van der Waals surface area contributed by atoms with E-state index in [2.05, 4.69) is 10.1 Å². The molecule has 0 spiro atoms. The largest absolute Gasteiger partial charge is 0.487 e. The summed E-state index contributed by atoms with van der Waals surface area (Å²) in [6.45, 7) is 4.35. The standard InChI is InChI=1S/C19H17ClN4O2/c1-12-7-14(3-5-16(12)24-11-21-10-22-24)19(25)23-9-13(2)26-18-6-4-15(20)8-17(18)23/h3-8,10-11,13H,9H2,1-2H3. The number of aryl methyl sites for hydroxylation is 1. The minimum absolute atomic E-state index is 0.0862. The van der Waals surface area contributed by atoms with Crippen LogP contribution in [0.15, 0.2) is 49.1 Å². The molecular weight excluding hydrogens is 352 g/mol. The first kappa shape index (κ1) is 16.6. The maximum atomic E-state index is 13.2. The van der Waals surface area contributed by atoms with Gasteiger partial charge in [-0.25, -0.2) is 9.67 Å². The Hall–Kier alpha value is -2.86. The van der Waals surface area contributed by atoms with Gasteiger partial charge in [0.1, 0.15) is 24.5 Å². The van der Waals surface area contributed by atoms with Gasteiger partial charge in [-0.05, 0) is 55.8 Å². The molecular formula is C19H17ClN4O2. The lowest BCUT2D eigenvalue weighted by atomic mass is 10.1. The zero-order valence-electron chi connectivity index (χ0n) is 14.4. The van der Waals surface area contributed by atoms with Gasteiger partial charge in [-0.3, -0.25) is 4.79 Å². The van der Waals surface area contributed by atoms with Gasteiger partial charge >= 0.3 is 0 Å². The van der Waals surface area contributed by atoms with Crippen LogP contribution < -0.4 is 9.64 Å². The molecule has 1 atom stereocenters. The first-order valence-corrected chi connectivity index (χ1v) is 8.64. The van der Waals surface area contributed by atoms with Crippen LogP contribution >= 0.6 is 11.6 Å². The van der Waals surface area contributed by atoms with Gasteiger partial charge in [0.05, 0.1) is 17.9 Å². The van der Waals surface area contributed by atoms with Crippen molar-refractivity contribution in [2.24, 2.45) is 0 Å². The fourth-order valence-corrected chi connectivity index (χ4v) is 3.30. The molecule has 3 aromatic rings. The Morgan fingerprint density at radius 2 is 2.08 bits per heavy atom. The predicted molar refractivity (Wildman–Crippen MR) is 99.3 cm³/mol. The Labute approximate surface area is 156 Å². The lowest BCUT2D eigenvalue weighted by molar-refractivity contribution is 0.0961. The smallest absolute Gasteiger partial charge is 0.258 e. The van der Waals surface area contributed by atoms with Crippen molar-refractivity contribution < 1.29 is 9.53 Å². The minimum atomic E-state index is -0.0943. The number of hydrogen-bond acceptors (Lipinski definition) is 4. The maximum absolute atomic E-state index is 13.2. The van der Waals surface area contributed by atoms with Crippen LogP contribution in [0.1, 0.15) is 22.8 Å². The molecule has 0 bridgehead atoms. The molecule has 0 fully saturated rings. The van der Waals surface area contributed by atoms with Crippen LogP contribution in [-0.4, -0.2) is 33.3 Å². The van der Waals surface area contributed by atoms with Gasteiger partial charge in [0, 0.05) is 10.6 Å². The number of carbonyl (C=O) groups is 1. The van der Waals surface area contributed by atoms with Crippen molar-refractivity contribution >= 4 is 23.2 Å². The molecule has 26 heavy (non-hydrogen) atoms. The third-order valence-corrected chi connectivity index (χ3v) is 4.57. The van der Waals surface area contributed by atoms with E-state index in [9.17, 15) is 4.79 Å². The number of fused-ring (bicyclic) bond motifs is 1. The topological polar surface area (TPSA) is 60.2 Å². The van der Waals surface area contributed by atoms with Gasteiger partial charge in [0.25, 0.3) is 5.91 Å². The molecule has 1 aliphatic rings. The Morgan fingerprint density at radius 1 is 1.23 bits per heavy atom. The number of hydrogen-bond donors (Lipinski definition) is 0. The summed E-state index contributed by atoms with van der Waals surface area (Å²) in [6, 6.07) is 10.9. The van der Waals surface area contributed by atoms with Crippen molar-refractivity contribution in [1.82, 2.24) is 14.8 Å². The SMILES string of the molecule is Cc1cc(C(=O)N2CC(C)Oc3ccc(Cl)cc32)ccc1-n1cncn1. The van der Waals surface area contributed by atoms with Gasteiger partial charge in [0.15, 0.2) is 0 Å². The number of anilines is 1. The number of halogens is 1. The Kier molecular flexibility index (Phi) is 4.12. The highest BCUT2D eigenvalue weighted by atomic mass is 35.5. The molecule has 1 unspecified atom stereocenters. The van der Waals surface area contributed by atoms with E-state index < -0.39 is 0 Å². The Morgan fingerprint density at radius 3 is 2.81 bits per heavy atom. The molecule has 0 saturated heterocycles. The van der Waals surface area contributed by atoms with Crippen LogP contribution in [0.5, 0.6) is 5.75 Å². The van der Waals surface area contributed by atoms with E-state index >= 15 is 0 Å². The highest BCUT2D eigenvalue weighted by Gasteiger charge is 2.28. The molecule has 1 aliphatic heterocycles. The second-order valence-corrected chi connectivity index (χ2v) is 6.73. The quantitative estimate of drug-likeness (QED) is 0.692. The molecule has 1 amide bonds. The van der Waals surface area contributed by atoms with E-state index in [0.717, 1.165) is 11.3 Å². The summed E-state index contributed by atoms with van der Waals surface area (Å²) in [4.78, 5) is 18.8.